The fraction of sp³-hybridized carbons (Fsp3) is 1.00. The predicted octanol–water partition coefficient (Wildman–Crippen LogP) is 1.75. The number of methoxy groups -OCH3 is 1. The van der Waals surface area contributed by atoms with Crippen molar-refractivity contribution in [2.75, 3.05) is 46.6 Å². The second kappa shape index (κ2) is 8.20. The van der Waals surface area contributed by atoms with Crippen molar-refractivity contribution in [2.45, 2.75) is 46.2 Å². The van der Waals surface area contributed by atoms with E-state index in [-0.39, 0.29) is 5.41 Å². The summed E-state index contributed by atoms with van der Waals surface area (Å²) in [4.78, 5) is 2.51. The van der Waals surface area contributed by atoms with Crippen LogP contribution in [0.3, 0.4) is 0 Å². The molecule has 0 spiro atoms. The van der Waals surface area contributed by atoms with Gasteiger partial charge in [0.1, 0.15) is 0 Å². The highest BCUT2D eigenvalue weighted by molar-refractivity contribution is 4.89. The number of nitrogens with zero attached hydrogens (tertiary/aromatic N) is 1. The van der Waals surface area contributed by atoms with Gasteiger partial charge in [-0.25, -0.2) is 0 Å². The van der Waals surface area contributed by atoms with Gasteiger partial charge in [0, 0.05) is 44.3 Å². The van der Waals surface area contributed by atoms with Crippen molar-refractivity contribution in [3.63, 3.8) is 0 Å². The monoisotopic (exact) mass is 272 g/mol. The average molecular weight is 272 g/mol. The first kappa shape index (κ1) is 16.9. The molecule has 1 aliphatic rings. The summed E-state index contributed by atoms with van der Waals surface area (Å²) >= 11 is 0. The minimum Gasteiger partial charge on any atom is -0.383 e. The molecule has 1 fully saturated rings. The van der Waals surface area contributed by atoms with E-state index >= 15 is 0 Å². The van der Waals surface area contributed by atoms with Gasteiger partial charge < -0.3 is 14.8 Å². The Kier molecular flexibility index (Phi) is 7.29. The van der Waals surface area contributed by atoms with Gasteiger partial charge in [0.05, 0.1) is 13.2 Å². The largest absolute Gasteiger partial charge is 0.383 e. The first-order valence-electron chi connectivity index (χ1n) is 7.57. The molecule has 1 N–H and O–H groups in total. The summed E-state index contributed by atoms with van der Waals surface area (Å²) < 4.78 is 11.0. The molecule has 0 amide bonds. The first-order chi connectivity index (χ1) is 9.03. The van der Waals surface area contributed by atoms with Gasteiger partial charge in [0.25, 0.3) is 0 Å². The van der Waals surface area contributed by atoms with E-state index < -0.39 is 0 Å². The van der Waals surface area contributed by atoms with Gasteiger partial charge in [-0.2, -0.15) is 0 Å². The topological polar surface area (TPSA) is 33.7 Å². The average Bonchev–Trinajstić information content (AvgIpc) is 2.83. The number of likely N-dealkylation sites (N-methyl/N-ethyl adjacent to an activating group) is 1. The van der Waals surface area contributed by atoms with Crippen molar-refractivity contribution in [1.29, 1.82) is 0 Å². The molecule has 0 bridgehead atoms. The molecule has 19 heavy (non-hydrogen) atoms. The summed E-state index contributed by atoms with van der Waals surface area (Å²) in [6, 6.07) is 0.996. The maximum atomic E-state index is 5.68. The molecule has 1 heterocycles. The Labute approximate surface area is 118 Å². The summed E-state index contributed by atoms with van der Waals surface area (Å²) in [5.41, 5.74) is 0.266. The predicted molar refractivity (Wildman–Crippen MR) is 79.6 cm³/mol. The fourth-order valence-corrected chi connectivity index (χ4v) is 2.75. The summed E-state index contributed by atoms with van der Waals surface area (Å²) in [7, 11) is 1.78. The third kappa shape index (κ3) is 5.38. The molecule has 0 saturated carbocycles. The molecule has 1 aliphatic heterocycles. The molecular weight excluding hydrogens is 240 g/mol. The van der Waals surface area contributed by atoms with E-state index in [1.54, 1.807) is 7.11 Å². The van der Waals surface area contributed by atoms with Crippen LogP contribution >= 0.6 is 0 Å². The minimum atomic E-state index is 0.266. The lowest BCUT2D eigenvalue weighted by Crippen LogP contribution is -2.49. The van der Waals surface area contributed by atoms with Crippen LogP contribution in [0.1, 0.15) is 34.1 Å². The van der Waals surface area contributed by atoms with Crippen molar-refractivity contribution in [2.24, 2.45) is 5.41 Å². The van der Waals surface area contributed by atoms with Crippen LogP contribution in [-0.4, -0.2) is 63.5 Å². The molecule has 0 radical (unpaired) electrons. The second-order valence-electron chi connectivity index (χ2n) is 6.21. The molecule has 4 heteroatoms. The summed E-state index contributed by atoms with van der Waals surface area (Å²) in [6.07, 6.45) is 1.16. The summed E-state index contributed by atoms with van der Waals surface area (Å²) in [5, 5.41) is 3.59. The Bertz CT molecular complexity index is 240. The van der Waals surface area contributed by atoms with Gasteiger partial charge in [-0.1, -0.05) is 20.8 Å². The molecular formula is C15H32N2O2. The highest BCUT2D eigenvalue weighted by atomic mass is 16.5. The van der Waals surface area contributed by atoms with E-state index in [0.29, 0.717) is 12.1 Å². The van der Waals surface area contributed by atoms with Gasteiger partial charge in [0.2, 0.25) is 0 Å². The Hall–Kier alpha value is -0.160. The molecule has 1 saturated heterocycles. The lowest BCUT2D eigenvalue weighted by Gasteiger charge is -2.37. The standard InChI is InChI=1S/C15H32N2O2/c1-6-17(14(4)9-18-5)11-15(7-8-19-12-15)10-16-13(2)3/h13-14,16H,6-12H2,1-5H3. The lowest BCUT2D eigenvalue weighted by atomic mass is 9.85. The Balaban J connectivity index is 2.59. The summed E-state index contributed by atoms with van der Waals surface area (Å²) in [6.45, 7) is 14.6. The van der Waals surface area contributed by atoms with Crippen LogP contribution in [0.25, 0.3) is 0 Å². The van der Waals surface area contributed by atoms with Crippen LogP contribution in [0.5, 0.6) is 0 Å². The number of hydrogen-bond acceptors (Lipinski definition) is 4. The molecule has 0 aliphatic carbocycles. The van der Waals surface area contributed by atoms with E-state index in [1.165, 1.54) is 0 Å². The molecule has 1 rings (SSSR count). The van der Waals surface area contributed by atoms with Crippen molar-refractivity contribution in [3.05, 3.63) is 0 Å². The van der Waals surface area contributed by atoms with E-state index in [1.807, 2.05) is 0 Å². The minimum absolute atomic E-state index is 0.266. The number of ether oxygens (including phenoxy) is 2. The van der Waals surface area contributed by atoms with Crippen LogP contribution in [0.4, 0.5) is 0 Å². The lowest BCUT2D eigenvalue weighted by molar-refractivity contribution is 0.0562. The SMILES string of the molecule is CCN(CC1(CNC(C)C)CCOC1)C(C)COC. The molecule has 2 atom stereocenters. The van der Waals surface area contributed by atoms with Crippen molar-refractivity contribution in [1.82, 2.24) is 10.2 Å². The van der Waals surface area contributed by atoms with E-state index in [0.717, 1.165) is 45.9 Å². The zero-order chi connectivity index (χ0) is 14.3. The maximum absolute atomic E-state index is 5.68. The number of rotatable bonds is 9. The van der Waals surface area contributed by atoms with Crippen LogP contribution in [0.15, 0.2) is 0 Å². The second-order valence-corrected chi connectivity index (χ2v) is 6.21. The molecule has 114 valence electrons. The molecule has 0 aromatic heterocycles. The zero-order valence-corrected chi connectivity index (χ0v) is 13.4. The van der Waals surface area contributed by atoms with Crippen molar-refractivity contribution < 1.29 is 9.47 Å². The van der Waals surface area contributed by atoms with E-state index in [2.05, 4.69) is 37.9 Å². The van der Waals surface area contributed by atoms with Gasteiger partial charge in [-0.3, -0.25) is 4.90 Å². The molecule has 0 aromatic rings. The van der Waals surface area contributed by atoms with Crippen molar-refractivity contribution >= 4 is 0 Å². The molecule has 2 unspecified atom stereocenters. The third-order valence-corrected chi connectivity index (χ3v) is 4.05. The van der Waals surface area contributed by atoms with E-state index in [9.17, 15) is 0 Å². The number of hydrogen-bond donors (Lipinski definition) is 1. The van der Waals surface area contributed by atoms with Crippen molar-refractivity contribution in [3.8, 4) is 0 Å². The maximum Gasteiger partial charge on any atom is 0.0615 e. The first-order valence-corrected chi connectivity index (χ1v) is 7.57. The van der Waals surface area contributed by atoms with Crippen LogP contribution in [0.2, 0.25) is 0 Å². The number of nitrogens with one attached hydrogen (secondary N) is 1. The molecule has 4 nitrogen and oxygen atoms in total. The molecule has 0 aromatic carbocycles. The summed E-state index contributed by atoms with van der Waals surface area (Å²) in [5.74, 6) is 0. The van der Waals surface area contributed by atoms with Crippen LogP contribution in [0, 0.1) is 5.41 Å². The van der Waals surface area contributed by atoms with E-state index in [4.69, 9.17) is 9.47 Å². The quantitative estimate of drug-likeness (QED) is 0.693. The van der Waals surface area contributed by atoms with Crippen LogP contribution in [-0.2, 0) is 9.47 Å². The Morgan fingerprint density at radius 3 is 2.58 bits per heavy atom. The van der Waals surface area contributed by atoms with Gasteiger partial charge in [-0.15, -0.1) is 0 Å². The highest BCUT2D eigenvalue weighted by Crippen LogP contribution is 2.30. The van der Waals surface area contributed by atoms with Gasteiger partial charge in [0.15, 0.2) is 0 Å². The normalized spacial score (nSPS) is 25.4. The van der Waals surface area contributed by atoms with Crippen LogP contribution < -0.4 is 5.32 Å². The van der Waals surface area contributed by atoms with Gasteiger partial charge in [-0.05, 0) is 19.9 Å². The van der Waals surface area contributed by atoms with Gasteiger partial charge >= 0.3 is 0 Å². The zero-order valence-electron chi connectivity index (χ0n) is 13.4. The smallest absolute Gasteiger partial charge is 0.0615 e. The third-order valence-electron chi connectivity index (χ3n) is 4.05. The Morgan fingerprint density at radius 1 is 1.37 bits per heavy atom. The highest BCUT2D eigenvalue weighted by Gasteiger charge is 2.37. The fourth-order valence-electron chi connectivity index (χ4n) is 2.75. The Morgan fingerprint density at radius 2 is 2.11 bits per heavy atom.